The van der Waals surface area contributed by atoms with Crippen LogP contribution in [0.5, 0.6) is 0 Å². The maximum absolute atomic E-state index is 12.7. The van der Waals surface area contributed by atoms with Crippen LogP contribution in [0.3, 0.4) is 0 Å². The summed E-state index contributed by atoms with van der Waals surface area (Å²) >= 11 is 6.60. The molecule has 10 heteroatoms. The van der Waals surface area contributed by atoms with Gasteiger partial charge in [0.15, 0.2) is 10.1 Å². The molecule has 0 radical (unpaired) electrons. The number of thiocarbonyl (C=S) groups is 1. The molecule has 2 aromatic heterocycles. The molecule has 0 atom stereocenters. The predicted molar refractivity (Wildman–Crippen MR) is 101 cm³/mol. The zero-order valence-corrected chi connectivity index (χ0v) is 15.4. The van der Waals surface area contributed by atoms with Crippen LogP contribution in [0.2, 0.25) is 0 Å². The van der Waals surface area contributed by atoms with Crippen LogP contribution in [0.15, 0.2) is 34.7 Å². The Morgan fingerprint density at radius 3 is 2.85 bits per heavy atom. The van der Waals surface area contributed by atoms with Gasteiger partial charge in [0.1, 0.15) is 0 Å². The molecule has 0 unspecified atom stereocenters. The summed E-state index contributed by atoms with van der Waals surface area (Å²) in [6, 6.07) is 4.78. The van der Waals surface area contributed by atoms with E-state index < -0.39 is 11.7 Å². The molecule has 2 N–H and O–H groups in total. The van der Waals surface area contributed by atoms with Gasteiger partial charge >= 0.3 is 6.18 Å². The number of rotatable bonds is 3. The van der Waals surface area contributed by atoms with Crippen LogP contribution in [0.4, 0.5) is 18.9 Å². The summed E-state index contributed by atoms with van der Waals surface area (Å²) in [6.07, 6.45) is -2.83. The van der Waals surface area contributed by atoms with Crippen molar-refractivity contribution in [2.75, 3.05) is 5.32 Å². The Balaban J connectivity index is 1.68. The van der Waals surface area contributed by atoms with E-state index in [9.17, 15) is 13.2 Å². The van der Waals surface area contributed by atoms with Crippen LogP contribution < -0.4 is 10.7 Å². The first kappa shape index (κ1) is 18.3. The fourth-order valence-corrected chi connectivity index (χ4v) is 3.45. The summed E-state index contributed by atoms with van der Waals surface area (Å²) in [5.41, 5.74) is 4.75. The van der Waals surface area contributed by atoms with Gasteiger partial charge in [-0.3, -0.25) is 9.83 Å². The number of benzene rings is 1. The summed E-state index contributed by atoms with van der Waals surface area (Å²) in [7, 11) is 0. The van der Waals surface area contributed by atoms with Crippen LogP contribution in [0.1, 0.15) is 22.6 Å². The molecule has 0 bridgehead atoms. The number of anilines is 1. The first-order valence-electron chi connectivity index (χ1n) is 7.46. The minimum absolute atomic E-state index is 0.0843. The van der Waals surface area contributed by atoms with E-state index in [0.29, 0.717) is 0 Å². The highest BCUT2D eigenvalue weighted by molar-refractivity contribution is 7.80. The summed E-state index contributed by atoms with van der Waals surface area (Å²) in [5, 5.41) is 8.81. The molecule has 136 valence electrons. The van der Waals surface area contributed by atoms with Crippen molar-refractivity contribution in [2.45, 2.75) is 20.0 Å². The van der Waals surface area contributed by atoms with Crippen LogP contribution >= 0.6 is 23.6 Å². The summed E-state index contributed by atoms with van der Waals surface area (Å²) in [5.74, 6) is 0. The van der Waals surface area contributed by atoms with Gasteiger partial charge in [0.05, 0.1) is 23.2 Å². The highest BCUT2D eigenvalue weighted by Gasteiger charge is 2.30. The van der Waals surface area contributed by atoms with Crippen molar-refractivity contribution in [3.05, 3.63) is 52.3 Å². The Morgan fingerprint density at radius 1 is 1.35 bits per heavy atom. The Morgan fingerprint density at radius 2 is 2.12 bits per heavy atom. The molecule has 0 amide bonds. The molecule has 0 fully saturated rings. The highest BCUT2D eigenvalue weighted by Crippen LogP contribution is 2.30. The van der Waals surface area contributed by atoms with Crippen molar-refractivity contribution in [1.29, 1.82) is 0 Å². The highest BCUT2D eigenvalue weighted by atomic mass is 32.1. The van der Waals surface area contributed by atoms with E-state index in [1.165, 1.54) is 23.5 Å². The SMILES string of the molecule is Cc1nc2scc(C)n2c1/C=N/NC(=S)Nc1cccc(C(F)(F)F)c1. The van der Waals surface area contributed by atoms with Crippen LogP contribution in [0, 0.1) is 13.8 Å². The third-order valence-electron chi connectivity index (χ3n) is 3.55. The minimum Gasteiger partial charge on any atom is -0.331 e. The summed E-state index contributed by atoms with van der Waals surface area (Å²) in [4.78, 5) is 5.31. The molecule has 0 aliphatic heterocycles. The minimum atomic E-state index is -4.41. The number of fused-ring (bicyclic) bond motifs is 1. The van der Waals surface area contributed by atoms with Gasteiger partial charge in [-0.15, -0.1) is 11.3 Å². The van der Waals surface area contributed by atoms with Crippen molar-refractivity contribution in [3.8, 4) is 0 Å². The first-order chi connectivity index (χ1) is 12.3. The van der Waals surface area contributed by atoms with E-state index in [-0.39, 0.29) is 10.8 Å². The second-order valence-electron chi connectivity index (χ2n) is 5.48. The standard InChI is InChI=1S/C16H14F3N5S2/c1-9-8-26-15-21-10(2)13(24(9)15)7-20-23-14(25)22-12-5-3-4-11(6-12)16(17,18)19/h3-8H,1-2H3,(H2,22,23,25)/b20-7+. The van der Waals surface area contributed by atoms with Gasteiger partial charge in [0.2, 0.25) is 0 Å². The maximum atomic E-state index is 12.7. The lowest BCUT2D eigenvalue weighted by molar-refractivity contribution is -0.137. The second-order valence-corrected chi connectivity index (χ2v) is 6.73. The maximum Gasteiger partial charge on any atom is 0.416 e. The van der Waals surface area contributed by atoms with E-state index >= 15 is 0 Å². The Bertz CT molecular complexity index is 988. The molecule has 2 heterocycles. The van der Waals surface area contributed by atoms with Gasteiger partial charge in [-0.2, -0.15) is 18.3 Å². The third-order valence-corrected chi connectivity index (χ3v) is 4.69. The third kappa shape index (κ3) is 3.86. The normalized spacial score (nSPS) is 12.0. The van der Waals surface area contributed by atoms with E-state index in [4.69, 9.17) is 12.2 Å². The molecular weight excluding hydrogens is 383 g/mol. The van der Waals surface area contributed by atoms with Crippen LogP contribution in [0.25, 0.3) is 4.96 Å². The molecule has 0 saturated carbocycles. The summed E-state index contributed by atoms with van der Waals surface area (Å²) in [6.45, 7) is 3.84. The molecule has 26 heavy (non-hydrogen) atoms. The summed E-state index contributed by atoms with van der Waals surface area (Å²) < 4.78 is 40.2. The van der Waals surface area contributed by atoms with Gasteiger partial charge in [-0.1, -0.05) is 6.07 Å². The number of nitrogens with zero attached hydrogens (tertiary/aromatic N) is 3. The molecule has 0 aliphatic rings. The monoisotopic (exact) mass is 397 g/mol. The van der Waals surface area contributed by atoms with Crippen molar-refractivity contribution in [2.24, 2.45) is 5.10 Å². The topological polar surface area (TPSA) is 53.7 Å². The smallest absolute Gasteiger partial charge is 0.331 e. The molecule has 3 aromatic rings. The number of hydrogen-bond donors (Lipinski definition) is 2. The average molecular weight is 397 g/mol. The number of aromatic nitrogens is 2. The molecule has 3 rings (SSSR count). The van der Waals surface area contributed by atoms with E-state index in [0.717, 1.165) is 34.2 Å². The second kappa shape index (κ2) is 7.04. The lowest BCUT2D eigenvalue weighted by atomic mass is 10.2. The van der Waals surface area contributed by atoms with E-state index in [1.807, 2.05) is 23.6 Å². The number of halogens is 3. The Hall–Kier alpha value is -2.46. The van der Waals surface area contributed by atoms with Crippen molar-refractivity contribution in [3.63, 3.8) is 0 Å². The van der Waals surface area contributed by atoms with Gasteiger partial charge in [-0.05, 0) is 44.3 Å². The van der Waals surface area contributed by atoms with E-state index in [1.54, 1.807) is 6.21 Å². The molecular formula is C16H14F3N5S2. The van der Waals surface area contributed by atoms with Crippen molar-refractivity contribution < 1.29 is 13.2 Å². The molecule has 1 aromatic carbocycles. The predicted octanol–water partition coefficient (Wildman–Crippen LogP) is 4.35. The largest absolute Gasteiger partial charge is 0.416 e. The molecule has 0 aliphatic carbocycles. The quantitative estimate of drug-likeness (QED) is 0.392. The van der Waals surface area contributed by atoms with Crippen LogP contribution in [-0.4, -0.2) is 20.7 Å². The molecule has 0 saturated heterocycles. The van der Waals surface area contributed by atoms with Gasteiger partial charge in [0.25, 0.3) is 0 Å². The number of hydrazone groups is 1. The van der Waals surface area contributed by atoms with Crippen molar-refractivity contribution in [1.82, 2.24) is 14.8 Å². The lowest BCUT2D eigenvalue weighted by Crippen LogP contribution is -2.24. The average Bonchev–Trinajstić information content (AvgIpc) is 3.06. The first-order valence-corrected chi connectivity index (χ1v) is 8.75. The van der Waals surface area contributed by atoms with Gasteiger partial charge in [0, 0.05) is 16.8 Å². The molecule has 5 nitrogen and oxygen atoms in total. The van der Waals surface area contributed by atoms with Gasteiger partial charge in [-0.25, -0.2) is 4.98 Å². The number of hydrogen-bond acceptors (Lipinski definition) is 4. The number of imidazole rings is 1. The van der Waals surface area contributed by atoms with E-state index in [2.05, 4.69) is 20.8 Å². The fraction of sp³-hybridized carbons (Fsp3) is 0.188. The van der Waals surface area contributed by atoms with Crippen LogP contribution in [-0.2, 0) is 6.18 Å². The number of aryl methyl sites for hydroxylation is 2. The Labute approximate surface area is 156 Å². The lowest BCUT2D eigenvalue weighted by Gasteiger charge is -2.10. The Kier molecular flexibility index (Phi) is 4.97. The number of nitrogens with one attached hydrogen (secondary N) is 2. The van der Waals surface area contributed by atoms with Crippen molar-refractivity contribution >= 4 is 45.5 Å². The molecule has 0 spiro atoms. The van der Waals surface area contributed by atoms with Gasteiger partial charge < -0.3 is 5.32 Å². The number of thiazole rings is 1. The zero-order chi connectivity index (χ0) is 18.9. The number of alkyl halides is 3. The fourth-order valence-electron chi connectivity index (χ4n) is 2.36. The zero-order valence-electron chi connectivity index (χ0n) is 13.8.